The number of thiazole rings is 1. The first-order valence-corrected chi connectivity index (χ1v) is 11.1. The van der Waals surface area contributed by atoms with Crippen LogP contribution < -0.4 is 20.1 Å². The fourth-order valence-corrected chi connectivity index (χ4v) is 4.31. The van der Waals surface area contributed by atoms with E-state index in [1.807, 2.05) is 45.9 Å². The van der Waals surface area contributed by atoms with E-state index in [-0.39, 0.29) is 23.8 Å². The lowest BCUT2D eigenvalue weighted by Crippen LogP contribution is -2.38. The van der Waals surface area contributed by atoms with Gasteiger partial charge in [0.25, 0.3) is 5.56 Å². The SMILES string of the molecule is CCCCNC(=O)Cn1c(=O)/c(=C\c2ccc(C)s2)s/c1=C\C(=O)C(C)(C)C. The summed E-state index contributed by atoms with van der Waals surface area (Å²) in [5.41, 5.74) is -0.794. The van der Waals surface area contributed by atoms with E-state index in [0.717, 1.165) is 22.6 Å². The number of nitrogens with zero attached hydrogens (tertiary/aromatic N) is 1. The molecule has 0 aliphatic carbocycles. The number of unbranched alkanes of at least 4 members (excludes halogenated alkanes) is 1. The van der Waals surface area contributed by atoms with Crippen LogP contribution in [-0.2, 0) is 16.1 Å². The van der Waals surface area contributed by atoms with Crippen LogP contribution in [-0.4, -0.2) is 22.8 Å². The van der Waals surface area contributed by atoms with E-state index >= 15 is 0 Å². The van der Waals surface area contributed by atoms with Gasteiger partial charge in [-0.2, -0.15) is 0 Å². The van der Waals surface area contributed by atoms with Crippen molar-refractivity contribution in [3.05, 3.63) is 41.4 Å². The van der Waals surface area contributed by atoms with Crippen LogP contribution in [0.5, 0.6) is 0 Å². The number of hydrogen-bond donors (Lipinski definition) is 1. The fourth-order valence-electron chi connectivity index (χ4n) is 2.39. The van der Waals surface area contributed by atoms with E-state index in [1.54, 1.807) is 11.3 Å². The lowest BCUT2D eigenvalue weighted by molar-refractivity contribution is -0.122. The molecule has 2 rings (SSSR count). The quantitative estimate of drug-likeness (QED) is 0.700. The van der Waals surface area contributed by atoms with Crippen LogP contribution >= 0.6 is 22.7 Å². The molecule has 0 fully saturated rings. The predicted octanol–water partition coefficient (Wildman–Crippen LogP) is 2.42. The summed E-state index contributed by atoms with van der Waals surface area (Å²) in [6, 6.07) is 3.96. The molecule has 2 heterocycles. The molecule has 0 aliphatic heterocycles. The Morgan fingerprint density at radius 3 is 2.50 bits per heavy atom. The highest BCUT2D eigenvalue weighted by molar-refractivity contribution is 7.13. The van der Waals surface area contributed by atoms with Crippen molar-refractivity contribution in [3.63, 3.8) is 0 Å². The summed E-state index contributed by atoms with van der Waals surface area (Å²) in [6.07, 6.45) is 5.19. The third kappa shape index (κ3) is 6.01. The number of carbonyl (C=O) groups excluding carboxylic acids is 2. The molecule has 0 saturated heterocycles. The number of Topliss-reactive ketones (excluding diaryl/α,β-unsaturated/α-hetero) is 1. The predicted molar refractivity (Wildman–Crippen MR) is 117 cm³/mol. The highest BCUT2D eigenvalue weighted by Gasteiger charge is 2.20. The third-order valence-electron chi connectivity index (χ3n) is 4.12. The van der Waals surface area contributed by atoms with Crippen LogP contribution in [0.25, 0.3) is 12.2 Å². The monoisotopic (exact) mass is 420 g/mol. The minimum Gasteiger partial charge on any atom is -0.355 e. The summed E-state index contributed by atoms with van der Waals surface area (Å²) in [7, 11) is 0. The van der Waals surface area contributed by atoms with E-state index in [9.17, 15) is 14.4 Å². The molecular weight excluding hydrogens is 392 g/mol. The Balaban J connectivity index is 2.50. The molecule has 0 aromatic carbocycles. The number of rotatable bonds is 7. The van der Waals surface area contributed by atoms with E-state index in [1.165, 1.54) is 22.0 Å². The second-order valence-electron chi connectivity index (χ2n) is 7.75. The summed E-state index contributed by atoms with van der Waals surface area (Å²) < 4.78 is 2.44. The van der Waals surface area contributed by atoms with Crippen LogP contribution in [0, 0.1) is 12.3 Å². The van der Waals surface area contributed by atoms with Crippen molar-refractivity contribution < 1.29 is 9.59 Å². The minimum absolute atomic E-state index is 0.0765. The lowest BCUT2D eigenvalue weighted by Gasteiger charge is -2.13. The smallest absolute Gasteiger partial charge is 0.269 e. The molecule has 0 aliphatic rings. The van der Waals surface area contributed by atoms with Crippen molar-refractivity contribution in [2.24, 2.45) is 5.41 Å². The molecule has 1 N–H and O–H groups in total. The van der Waals surface area contributed by atoms with E-state index in [2.05, 4.69) is 12.2 Å². The zero-order valence-electron chi connectivity index (χ0n) is 17.1. The maximum atomic E-state index is 12.9. The van der Waals surface area contributed by atoms with Gasteiger partial charge in [-0.3, -0.25) is 19.0 Å². The van der Waals surface area contributed by atoms with E-state index in [4.69, 9.17) is 0 Å². The van der Waals surface area contributed by atoms with Crippen LogP contribution in [0.15, 0.2) is 16.9 Å². The van der Waals surface area contributed by atoms with Crippen molar-refractivity contribution in [3.8, 4) is 0 Å². The lowest BCUT2D eigenvalue weighted by atomic mass is 9.91. The van der Waals surface area contributed by atoms with Gasteiger partial charge in [0.05, 0.1) is 4.53 Å². The molecule has 7 heteroatoms. The van der Waals surface area contributed by atoms with Gasteiger partial charge in [-0.1, -0.05) is 34.1 Å². The Labute approximate surface area is 173 Å². The first-order valence-electron chi connectivity index (χ1n) is 9.42. The summed E-state index contributed by atoms with van der Waals surface area (Å²) in [5, 5.41) is 2.83. The maximum absolute atomic E-state index is 12.9. The van der Waals surface area contributed by atoms with Gasteiger partial charge in [-0.15, -0.1) is 22.7 Å². The molecule has 5 nitrogen and oxygen atoms in total. The van der Waals surface area contributed by atoms with E-state index in [0.29, 0.717) is 15.7 Å². The second-order valence-corrected chi connectivity index (χ2v) is 10.1. The molecule has 28 heavy (non-hydrogen) atoms. The summed E-state index contributed by atoms with van der Waals surface area (Å²) in [6.45, 7) is 10.1. The molecule has 0 saturated carbocycles. The Morgan fingerprint density at radius 2 is 1.93 bits per heavy atom. The van der Waals surface area contributed by atoms with Crippen molar-refractivity contribution in [1.82, 2.24) is 9.88 Å². The van der Waals surface area contributed by atoms with Gasteiger partial charge in [0.1, 0.15) is 11.2 Å². The molecule has 152 valence electrons. The van der Waals surface area contributed by atoms with Crippen molar-refractivity contribution in [2.45, 2.75) is 54.0 Å². The Bertz CT molecular complexity index is 1020. The Hall–Kier alpha value is -1.99. The molecule has 2 aromatic rings. The third-order valence-corrected chi connectivity index (χ3v) is 6.13. The van der Waals surface area contributed by atoms with Crippen LogP contribution in [0.4, 0.5) is 0 Å². The molecule has 2 aromatic heterocycles. The zero-order chi connectivity index (χ0) is 20.9. The van der Waals surface area contributed by atoms with Crippen molar-refractivity contribution in [1.29, 1.82) is 0 Å². The number of nitrogens with one attached hydrogen (secondary N) is 1. The highest BCUT2D eigenvalue weighted by Crippen LogP contribution is 2.16. The van der Waals surface area contributed by atoms with Crippen LogP contribution in [0.3, 0.4) is 0 Å². The number of carbonyl (C=O) groups is 2. The molecule has 0 bridgehead atoms. The zero-order valence-corrected chi connectivity index (χ0v) is 18.8. The first kappa shape index (κ1) is 22.3. The first-order chi connectivity index (χ1) is 13.1. The minimum atomic E-state index is -0.553. The number of aromatic nitrogens is 1. The van der Waals surface area contributed by atoms with Crippen molar-refractivity contribution in [2.75, 3.05) is 6.54 Å². The van der Waals surface area contributed by atoms with Gasteiger partial charge >= 0.3 is 0 Å². The maximum Gasteiger partial charge on any atom is 0.269 e. The number of aryl methyl sites for hydroxylation is 1. The molecular formula is C21H28N2O3S2. The normalized spacial score (nSPS) is 13.2. The topological polar surface area (TPSA) is 68.2 Å². The van der Waals surface area contributed by atoms with E-state index < -0.39 is 5.41 Å². The molecule has 0 atom stereocenters. The molecule has 0 spiro atoms. The number of ketones is 1. The second kappa shape index (κ2) is 9.47. The molecule has 0 radical (unpaired) electrons. The van der Waals surface area contributed by atoms with Gasteiger partial charge in [0.2, 0.25) is 5.91 Å². The van der Waals surface area contributed by atoms with Crippen LogP contribution in [0.2, 0.25) is 0 Å². The van der Waals surface area contributed by atoms with Crippen molar-refractivity contribution >= 4 is 46.5 Å². The van der Waals surface area contributed by atoms with Crippen LogP contribution in [0.1, 0.15) is 50.3 Å². The number of hydrogen-bond acceptors (Lipinski definition) is 5. The molecule has 0 unspecified atom stereocenters. The summed E-state index contributed by atoms with van der Waals surface area (Å²) in [5.74, 6) is -0.294. The average Bonchev–Trinajstić information content (AvgIpc) is 3.13. The van der Waals surface area contributed by atoms with Gasteiger partial charge < -0.3 is 5.32 Å². The standard InChI is InChI=1S/C21H28N2O3S2/c1-6-7-10-22-18(25)13-23-19(12-17(24)21(3,4)5)28-16(20(23)26)11-15-9-8-14(2)27-15/h8-9,11-12H,6-7,10,13H2,1-5H3,(H,22,25)/b16-11+,19-12-. The number of amides is 1. The fraction of sp³-hybridized carbons (Fsp3) is 0.476. The Morgan fingerprint density at radius 1 is 1.21 bits per heavy atom. The van der Waals surface area contributed by atoms with Gasteiger partial charge in [-0.25, -0.2) is 0 Å². The van der Waals surface area contributed by atoms with Gasteiger partial charge in [0, 0.05) is 27.8 Å². The molecule has 1 amide bonds. The van der Waals surface area contributed by atoms with Gasteiger partial charge in [0.15, 0.2) is 5.78 Å². The van der Waals surface area contributed by atoms with Gasteiger partial charge in [-0.05, 0) is 31.6 Å². The average molecular weight is 421 g/mol. The highest BCUT2D eigenvalue weighted by atomic mass is 32.1. The Kier molecular flexibility index (Phi) is 7.55. The number of thiophene rings is 1. The summed E-state index contributed by atoms with van der Waals surface area (Å²) >= 11 is 2.85. The largest absolute Gasteiger partial charge is 0.355 e. The summed E-state index contributed by atoms with van der Waals surface area (Å²) in [4.78, 5) is 39.8.